The highest BCUT2D eigenvalue weighted by Gasteiger charge is 2.22. The molecule has 0 aliphatic heterocycles. The molecule has 0 spiro atoms. The number of nitrogens with zero attached hydrogens (tertiary/aromatic N) is 3. The van der Waals surface area contributed by atoms with Crippen LogP contribution in [-0.4, -0.2) is 46.8 Å². The second-order valence-electron chi connectivity index (χ2n) is 5.59. The van der Waals surface area contributed by atoms with Crippen LogP contribution in [0, 0.1) is 10.1 Å². The topological polar surface area (TPSA) is 115 Å². The van der Waals surface area contributed by atoms with Gasteiger partial charge in [0.05, 0.1) is 17.7 Å². The minimum Gasteiger partial charge on any atom is -0.495 e. The maximum Gasteiger partial charge on any atom is 0.314 e. The van der Waals surface area contributed by atoms with Gasteiger partial charge in [-0.3, -0.25) is 24.7 Å². The Kier molecular flexibility index (Phi) is 6.81. The molecule has 0 aliphatic carbocycles. The Balaban J connectivity index is 2.08. The molecule has 0 saturated carbocycles. The molecule has 1 heterocycles. The summed E-state index contributed by atoms with van der Waals surface area (Å²) in [4.78, 5) is 40.4. The van der Waals surface area contributed by atoms with Crippen LogP contribution in [0.5, 0.6) is 5.75 Å². The zero-order valence-corrected chi connectivity index (χ0v) is 15.0. The van der Waals surface area contributed by atoms with Crippen LogP contribution in [0.2, 0.25) is 0 Å². The van der Waals surface area contributed by atoms with Gasteiger partial charge in [-0.15, -0.1) is 0 Å². The average molecular weight is 372 g/mol. The van der Waals surface area contributed by atoms with Crippen LogP contribution in [0.25, 0.3) is 0 Å². The van der Waals surface area contributed by atoms with Crippen molar-refractivity contribution in [2.75, 3.05) is 25.5 Å². The SMILES string of the molecule is CCN(CCc1ccncc1)C(=O)C(=O)Nc1cc([N+](=O)[O-])ccc1OC. The smallest absolute Gasteiger partial charge is 0.314 e. The predicted molar refractivity (Wildman–Crippen MR) is 98.5 cm³/mol. The number of amides is 2. The number of hydrogen-bond acceptors (Lipinski definition) is 6. The molecule has 0 saturated heterocycles. The first-order valence-corrected chi connectivity index (χ1v) is 8.27. The van der Waals surface area contributed by atoms with Crippen molar-refractivity contribution >= 4 is 23.2 Å². The number of likely N-dealkylation sites (N-methyl/N-ethyl adjacent to an activating group) is 1. The van der Waals surface area contributed by atoms with Gasteiger partial charge in [0.1, 0.15) is 5.75 Å². The third kappa shape index (κ3) is 5.24. The van der Waals surface area contributed by atoms with Gasteiger partial charge in [0.2, 0.25) is 0 Å². The van der Waals surface area contributed by atoms with Gasteiger partial charge in [-0.2, -0.15) is 0 Å². The first-order valence-electron chi connectivity index (χ1n) is 8.27. The number of carbonyl (C=O) groups excluding carboxylic acids is 2. The third-order valence-corrected chi connectivity index (χ3v) is 3.93. The van der Waals surface area contributed by atoms with Gasteiger partial charge in [0, 0.05) is 37.6 Å². The highest BCUT2D eigenvalue weighted by molar-refractivity contribution is 6.39. The molecule has 1 N–H and O–H groups in total. The van der Waals surface area contributed by atoms with Crippen LogP contribution >= 0.6 is 0 Å². The lowest BCUT2D eigenvalue weighted by Crippen LogP contribution is -2.40. The lowest BCUT2D eigenvalue weighted by molar-refractivity contribution is -0.384. The minimum atomic E-state index is -0.884. The summed E-state index contributed by atoms with van der Waals surface area (Å²) in [6, 6.07) is 7.44. The fraction of sp³-hybridized carbons (Fsp3) is 0.278. The Morgan fingerprint density at radius 3 is 2.56 bits per heavy atom. The van der Waals surface area contributed by atoms with E-state index in [0.29, 0.717) is 19.5 Å². The summed E-state index contributed by atoms with van der Waals surface area (Å²) in [5.74, 6) is -1.38. The van der Waals surface area contributed by atoms with Gasteiger partial charge in [0.15, 0.2) is 0 Å². The molecule has 0 aliphatic rings. The number of methoxy groups -OCH3 is 1. The number of carbonyl (C=O) groups is 2. The minimum absolute atomic E-state index is 0.0650. The van der Waals surface area contributed by atoms with E-state index in [1.54, 1.807) is 19.3 Å². The van der Waals surface area contributed by atoms with Crippen molar-refractivity contribution in [2.24, 2.45) is 0 Å². The second kappa shape index (κ2) is 9.27. The largest absolute Gasteiger partial charge is 0.495 e. The average Bonchev–Trinajstić information content (AvgIpc) is 2.68. The summed E-state index contributed by atoms with van der Waals surface area (Å²) < 4.78 is 5.08. The molecule has 1 aromatic heterocycles. The predicted octanol–water partition coefficient (Wildman–Crippen LogP) is 2.03. The summed E-state index contributed by atoms with van der Waals surface area (Å²) >= 11 is 0. The van der Waals surface area contributed by atoms with Crippen LogP contribution in [-0.2, 0) is 16.0 Å². The van der Waals surface area contributed by atoms with E-state index >= 15 is 0 Å². The van der Waals surface area contributed by atoms with Crippen molar-refractivity contribution in [1.82, 2.24) is 9.88 Å². The van der Waals surface area contributed by atoms with Crippen molar-refractivity contribution < 1.29 is 19.2 Å². The van der Waals surface area contributed by atoms with Crippen molar-refractivity contribution in [3.63, 3.8) is 0 Å². The van der Waals surface area contributed by atoms with Gasteiger partial charge < -0.3 is 15.0 Å². The third-order valence-electron chi connectivity index (χ3n) is 3.93. The normalized spacial score (nSPS) is 10.1. The van der Waals surface area contributed by atoms with Gasteiger partial charge in [0.25, 0.3) is 5.69 Å². The van der Waals surface area contributed by atoms with Crippen LogP contribution in [0.1, 0.15) is 12.5 Å². The van der Waals surface area contributed by atoms with Crippen LogP contribution in [0.4, 0.5) is 11.4 Å². The molecule has 0 unspecified atom stereocenters. The molecule has 0 bridgehead atoms. The van der Waals surface area contributed by atoms with Gasteiger partial charge in [-0.1, -0.05) is 0 Å². The summed E-state index contributed by atoms with van der Waals surface area (Å²) in [6.45, 7) is 2.48. The van der Waals surface area contributed by atoms with E-state index in [-0.39, 0.29) is 17.1 Å². The summed E-state index contributed by atoms with van der Waals surface area (Å²) in [5.41, 5.74) is 0.843. The number of hydrogen-bond donors (Lipinski definition) is 1. The van der Waals surface area contributed by atoms with Crippen molar-refractivity contribution in [3.8, 4) is 5.75 Å². The van der Waals surface area contributed by atoms with E-state index in [2.05, 4.69) is 10.3 Å². The molecule has 142 valence electrons. The van der Waals surface area contributed by atoms with Gasteiger partial charge >= 0.3 is 11.8 Å². The van der Waals surface area contributed by atoms with E-state index in [0.717, 1.165) is 11.6 Å². The van der Waals surface area contributed by atoms with Crippen molar-refractivity contribution in [2.45, 2.75) is 13.3 Å². The lowest BCUT2D eigenvalue weighted by Gasteiger charge is -2.20. The Bertz CT molecular complexity index is 826. The van der Waals surface area contributed by atoms with E-state index in [1.165, 1.54) is 24.1 Å². The number of non-ortho nitro benzene ring substituents is 1. The van der Waals surface area contributed by atoms with E-state index in [1.807, 2.05) is 12.1 Å². The first kappa shape index (κ1) is 19.8. The van der Waals surface area contributed by atoms with Gasteiger partial charge in [-0.05, 0) is 37.1 Å². The molecule has 0 radical (unpaired) electrons. The Morgan fingerprint density at radius 2 is 1.96 bits per heavy atom. The fourth-order valence-electron chi connectivity index (χ4n) is 2.44. The number of aromatic nitrogens is 1. The molecule has 1 aromatic carbocycles. The maximum absolute atomic E-state index is 12.4. The second-order valence-corrected chi connectivity index (χ2v) is 5.59. The fourth-order valence-corrected chi connectivity index (χ4v) is 2.44. The number of nitrogens with one attached hydrogen (secondary N) is 1. The monoisotopic (exact) mass is 372 g/mol. The first-order chi connectivity index (χ1) is 13.0. The number of anilines is 1. The highest BCUT2D eigenvalue weighted by Crippen LogP contribution is 2.28. The number of nitro groups is 1. The zero-order valence-electron chi connectivity index (χ0n) is 15.0. The molecule has 27 heavy (non-hydrogen) atoms. The number of benzene rings is 1. The highest BCUT2D eigenvalue weighted by atomic mass is 16.6. The molecule has 2 rings (SSSR count). The Hall–Kier alpha value is -3.49. The summed E-state index contributed by atoms with van der Waals surface area (Å²) in [7, 11) is 1.37. The number of pyridine rings is 1. The number of nitro benzene ring substituents is 1. The molecule has 9 heteroatoms. The number of ether oxygens (including phenoxy) is 1. The van der Waals surface area contributed by atoms with Crippen LogP contribution in [0.15, 0.2) is 42.7 Å². The van der Waals surface area contributed by atoms with Crippen molar-refractivity contribution in [3.05, 3.63) is 58.4 Å². The van der Waals surface area contributed by atoms with Gasteiger partial charge in [-0.25, -0.2) is 0 Å². The molecule has 2 amide bonds. The molecule has 0 atom stereocenters. The van der Waals surface area contributed by atoms with Crippen LogP contribution < -0.4 is 10.1 Å². The molecule has 9 nitrogen and oxygen atoms in total. The molecule has 0 fully saturated rings. The number of rotatable bonds is 7. The molecular weight excluding hydrogens is 352 g/mol. The quantitative estimate of drug-likeness (QED) is 0.452. The zero-order chi connectivity index (χ0) is 19.8. The van der Waals surface area contributed by atoms with E-state index in [9.17, 15) is 19.7 Å². The van der Waals surface area contributed by atoms with Crippen LogP contribution in [0.3, 0.4) is 0 Å². The lowest BCUT2D eigenvalue weighted by atomic mass is 10.2. The van der Waals surface area contributed by atoms with Crippen molar-refractivity contribution in [1.29, 1.82) is 0 Å². The Morgan fingerprint density at radius 1 is 1.26 bits per heavy atom. The molecule has 2 aromatic rings. The summed E-state index contributed by atoms with van der Waals surface area (Å²) in [6.07, 6.45) is 3.90. The van der Waals surface area contributed by atoms with E-state index in [4.69, 9.17) is 4.74 Å². The van der Waals surface area contributed by atoms with E-state index < -0.39 is 16.7 Å². The molecular formula is C18H20N4O5. The summed E-state index contributed by atoms with van der Waals surface area (Å²) in [5, 5.41) is 13.3. The maximum atomic E-state index is 12.4. The standard InChI is InChI=1S/C18H20N4O5/c1-3-21(11-8-13-6-9-19-10-7-13)18(24)17(23)20-15-12-14(22(25)26)4-5-16(15)27-2/h4-7,9-10,12H,3,8,11H2,1-2H3,(H,20,23). The Labute approximate surface area is 156 Å².